The normalized spacial score (nSPS) is 45.7. The van der Waals surface area contributed by atoms with Crippen molar-refractivity contribution in [3.8, 4) is 0 Å². The second kappa shape index (κ2) is 7.92. The SMILES string of the molecule is C=C(CCC(O)C(C)(C)O)[C@@H]1CC[C@]2(C)C1CC[C@@H]1[C@]2(C)CCC2C(C)(C)C(=O)CC[C@]21C. The van der Waals surface area contributed by atoms with E-state index in [9.17, 15) is 15.0 Å². The van der Waals surface area contributed by atoms with Gasteiger partial charge < -0.3 is 10.2 Å². The lowest BCUT2D eigenvalue weighted by atomic mass is 9.35. The second-order valence-corrected chi connectivity index (χ2v) is 14.3. The van der Waals surface area contributed by atoms with Crippen LogP contribution in [0.15, 0.2) is 12.2 Å². The molecule has 0 aliphatic heterocycles. The first kappa shape index (κ1) is 25.4. The molecule has 0 aromatic heterocycles. The van der Waals surface area contributed by atoms with Gasteiger partial charge in [0.25, 0.3) is 0 Å². The van der Waals surface area contributed by atoms with Crippen LogP contribution in [0.3, 0.4) is 0 Å². The number of rotatable bonds is 5. The number of Topliss-reactive ketones (excluding diaryl/α,β-unsaturated/α-hetero) is 1. The Morgan fingerprint density at radius 2 is 1.64 bits per heavy atom. The van der Waals surface area contributed by atoms with Gasteiger partial charge in [-0.1, -0.05) is 46.8 Å². The van der Waals surface area contributed by atoms with Gasteiger partial charge in [0.2, 0.25) is 0 Å². The monoisotopic (exact) mass is 458 g/mol. The number of hydrogen-bond acceptors (Lipinski definition) is 3. The highest BCUT2D eigenvalue weighted by molar-refractivity contribution is 5.85. The van der Waals surface area contributed by atoms with Crippen LogP contribution < -0.4 is 0 Å². The van der Waals surface area contributed by atoms with Gasteiger partial charge in [0.15, 0.2) is 0 Å². The van der Waals surface area contributed by atoms with Crippen molar-refractivity contribution in [3.63, 3.8) is 0 Å². The zero-order valence-corrected chi connectivity index (χ0v) is 22.5. The molecule has 0 amide bonds. The summed E-state index contributed by atoms with van der Waals surface area (Å²) in [6, 6.07) is 0. The summed E-state index contributed by atoms with van der Waals surface area (Å²) in [5, 5.41) is 20.5. The Hall–Kier alpha value is -0.670. The lowest BCUT2D eigenvalue weighted by Crippen LogP contribution is -2.63. The van der Waals surface area contributed by atoms with Crippen LogP contribution in [-0.2, 0) is 4.79 Å². The van der Waals surface area contributed by atoms with Crippen LogP contribution in [-0.4, -0.2) is 27.7 Å². The van der Waals surface area contributed by atoms with Gasteiger partial charge in [-0.2, -0.15) is 0 Å². The van der Waals surface area contributed by atoms with E-state index >= 15 is 0 Å². The maximum absolute atomic E-state index is 12.8. The summed E-state index contributed by atoms with van der Waals surface area (Å²) in [6.45, 7) is 20.1. The molecule has 188 valence electrons. The van der Waals surface area contributed by atoms with Gasteiger partial charge in [-0.3, -0.25) is 4.79 Å². The zero-order chi connectivity index (χ0) is 24.6. The van der Waals surface area contributed by atoms with E-state index in [2.05, 4.69) is 41.2 Å². The van der Waals surface area contributed by atoms with Crippen molar-refractivity contribution in [3.05, 3.63) is 12.2 Å². The average Bonchev–Trinajstić information content (AvgIpc) is 3.07. The molecular formula is C30H50O3. The third-order valence-electron chi connectivity index (χ3n) is 12.2. The van der Waals surface area contributed by atoms with Gasteiger partial charge >= 0.3 is 0 Å². The minimum Gasteiger partial charge on any atom is -0.390 e. The van der Waals surface area contributed by atoms with Gasteiger partial charge in [0, 0.05) is 11.8 Å². The van der Waals surface area contributed by atoms with E-state index in [4.69, 9.17) is 0 Å². The summed E-state index contributed by atoms with van der Waals surface area (Å²) in [6.07, 6.45) is 9.99. The molecule has 4 aliphatic carbocycles. The van der Waals surface area contributed by atoms with E-state index in [0.717, 1.165) is 19.3 Å². The molecule has 0 saturated heterocycles. The van der Waals surface area contributed by atoms with E-state index in [1.54, 1.807) is 13.8 Å². The van der Waals surface area contributed by atoms with Crippen molar-refractivity contribution in [2.75, 3.05) is 0 Å². The van der Waals surface area contributed by atoms with Crippen molar-refractivity contribution in [2.45, 2.75) is 124 Å². The fourth-order valence-electron chi connectivity index (χ4n) is 9.89. The Morgan fingerprint density at radius 3 is 2.27 bits per heavy atom. The summed E-state index contributed by atoms with van der Waals surface area (Å²) in [4.78, 5) is 12.8. The van der Waals surface area contributed by atoms with Crippen LogP contribution in [0.2, 0.25) is 0 Å². The number of carbonyl (C=O) groups excluding carboxylic acids is 1. The molecule has 4 aliphatic rings. The molecule has 3 unspecified atom stereocenters. The molecule has 3 nitrogen and oxygen atoms in total. The van der Waals surface area contributed by atoms with Gasteiger partial charge in [0.1, 0.15) is 5.78 Å². The molecule has 4 fully saturated rings. The smallest absolute Gasteiger partial charge is 0.138 e. The molecule has 8 atom stereocenters. The summed E-state index contributed by atoms with van der Waals surface area (Å²) < 4.78 is 0. The largest absolute Gasteiger partial charge is 0.390 e. The van der Waals surface area contributed by atoms with Crippen molar-refractivity contribution >= 4 is 5.78 Å². The van der Waals surface area contributed by atoms with Crippen LogP contribution in [0.4, 0.5) is 0 Å². The number of carbonyl (C=O) groups is 1. The predicted octanol–water partition coefficient (Wildman–Crippen LogP) is 6.71. The van der Waals surface area contributed by atoms with E-state index in [-0.39, 0.29) is 10.8 Å². The van der Waals surface area contributed by atoms with Crippen LogP contribution in [0.25, 0.3) is 0 Å². The van der Waals surface area contributed by atoms with Crippen LogP contribution in [0.1, 0.15) is 113 Å². The van der Waals surface area contributed by atoms with E-state index < -0.39 is 11.7 Å². The van der Waals surface area contributed by atoms with Crippen LogP contribution >= 0.6 is 0 Å². The molecule has 4 rings (SSSR count). The van der Waals surface area contributed by atoms with Gasteiger partial charge in [-0.15, -0.1) is 0 Å². The molecule has 4 saturated carbocycles. The quantitative estimate of drug-likeness (QED) is 0.450. The molecule has 0 bridgehead atoms. The Kier molecular flexibility index (Phi) is 6.10. The number of allylic oxidation sites excluding steroid dienone is 1. The van der Waals surface area contributed by atoms with Crippen molar-refractivity contribution in [1.29, 1.82) is 0 Å². The lowest BCUT2D eigenvalue weighted by Gasteiger charge is -2.69. The Morgan fingerprint density at radius 1 is 1.00 bits per heavy atom. The van der Waals surface area contributed by atoms with Gasteiger partial charge in [-0.05, 0) is 112 Å². The topological polar surface area (TPSA) is 57.5 Å². The average molecular weight is 459 g/mol. The first-order valence-electron chi connectivity index (χ1n) is 13.7. The molecule has 0 heterocycles. The van der Waals surface area contributed by atoms with Crippen LogP contribution in [0.5, 0.6) is 0 Å². The summed E-state index contributed by atoms with van der Waals surface area (Å²) >= 11 is 0. The van der Waals surface area contributed by atoms with Gasteiger partial charge in [-0.25, -0.2) is 0 Å². The number of hydrogen-bond donors (Lipinski definition) is 2. The van der Waals surface area contributed by atoms with E-state index in [0.29, 0.717) is 46.7 Å². The maximum atomic E-state index is 12.8. The number of aliphatic hydroxyl groups is 2. The molecule has 0 aromatic carbocycles. The third-order valence-corrected chi connectivity index (χ3v) is 12.2. The molecule has 33 heavy (non-hydrogen) atoms. The minimum atomic E-state index is -1.06. The first-order chi connectivity index (χ1) is 15.1. The molecule has 2 N–H and O–H groups in total. The summed E-state index contributed by atoms with van der Waals surface area (Å²) in [5.41, 5.74) is 0.958. The highest BCUT2D eigenvalue weighted by Crippen LogP contribution is 2.75. The maximum Gasteiger partial charge on any atom is 0.138 e. The summed E-state index contributed by atoms with van der Waals surface area (Å²) in [5.74, 6) is 2.90. The summed E-state index contributed by atoms with van der Waals surface area (Å²) in [7, 11) is 0. The van der Waals surface area contributed by atoms with Crippen LogP contribution in [0, 0.1) is 45.3 Å². The third kappa shape index (κ3) is 3.62. The number of fused-ring (bicyclic) bond motifs is 5. The van der Waals surface area contributed by atoms with E-state index in [1.807, 2.05) is 0 Å². The number of ketones is 1. The Bertz CT molecular complexity index is 806. The Labute approximate surface area is 202 Å². The second-order valence-electron chi connectivity index (χ2n) is 14.3. The molecular weight excluding hydrogens is 408 g/mol. The van der Waals surface area contributed by atoms with Crippen molar-refractivity contribution < 1.29 is 15.0 Å². The first-order valence-corrected chi connectivity index (χ1v) is 13.7. The molecule has 0 spiro atoms. The van der Waals surface area contributed by atoms with E-state index in [1.165, 1.54) is 44.1 Å². The highest BCUT2D eigenvalue weighted by atomic mass is 16.3. The van der Waals surface area contributed by atoms with Gasteiger partial charge in [0.05, 0.1) is 11.7 Å². The fraction of sp³-hybridized carbons (Fsp3) is 0.900. The standard InChI is InChI=1S/C30H50O3/c1-19(9-12-25(32)27(4,5)33)20-13-17-29(7)21(20)10-11-23-28(6)16-15-24(31)26(2,3)22(28)14-18-30(23,29)8/h20-23,25,32-33H,1,9-18H2,2-8H3/t20-,21?,22?,23-,25?,28+,29+,30-/m0/s1. The Balaban J connectivity index is 1.55. The molecule has 0 aromatic rings. The molecule has 3 heteroatoms. The highest BCUT2D eigenvalue weighted by Gasteiger charge is 2.68. The van der Waals surface area contributed by atoms with Crippen molar-refractivity contribution in [2.24, 2.45) is 45.3 Å². The lowest BCUT2D eigenvalue weighted by molar-refractivity contribution is -0.201. The zero-order valence-electron chi connectivity index (χ0n) is 22.5. The number of aliphatic hydroxyl groups excluding tert-OH is 1. The minimum absolute atomic E-state index is 0.181. The predicted molar refractivity (Wildman–Crippen MR) is 135 cm³/mol. The fourth-order valence-corrected chi connectivity index (χ4v) is 9.89. The van der Waals surface area contributed by atoms with Crippen molar-refractivity contribution in [1.82, 2.24) is 0 Å². The molecule has 0 radical (unpaired) electrons.